The molecule has 1 aliphatic rings. The predicted molar refractivity (Wildman–Crippen MR) is 98.7 cm³/mol. The molecule has 1 aliphatic carbocycles. The van der Waals surface area contributed by atoms with Crippen molar-refractivity contribution in [3.05, 3.63) is 53.5 Å². The van der Waals surface area contributed by atoms with E-state index in [-0.39, 0.29) is 29.5 Å². The van der Waals surface area contributed by atoms with Gasteiger partial charge in [-0.1, -0.05) is 6.07 Å². The molecule has 1 aromatic carbocycles. The number of hydrogen-bond acceptors (Lipinski definition) is 4. The molecule has 2 aromatic rings. The second-order valence-corrected chi connectivity index (χ2v) is 6.82. The molecule has 1 heterocycles. The van der Waals surface area contributed by atoms with Gasteiger partial charge in [-0.15, -0.1) is 0 Å². The summed E-state index contributed by atoms with van der Waals surface area (Å²) in [6.07, 6.45) is 3.86. The van der Waals surface area contributed by atoms with E-state index < -0.39 is 5.97 Å². The summed E-state index contributed by atoms with van der Waals surface area (Å²) in [5.41, 5.74) is 1.81. The highest BCUT2D eigenvalue weighted by molar-refractivity contribution is 6.04. The van der Waals surface area contributed by atoms with Gasteiger partial charge in [0, 0.05) is 17.3 Å². The quantitative estimate of drug-likeness (QED) is 0.749. The van der Waals surface area contributed by atoms with Crippen molar-refractivity contribution < 1.29 is 23.9 Å². The first-order chi connectivity index (χ1) is 12.9. The second kappa shape index (κ2) is 8.07. The Hall–Kier alpha value is -3.09. The third-order valence-electron chi connectivity index (χ3n) is 4.90. The summed E-state index contributed by atoms with van der Waals surface area (Å²) < 4.78 is 5.08. The zero-order chi connectivity index (χ0) is 19.4. The number of amides is 2. The fourth-order valence-corrected chi connectivity index (χ4v) is 3.24. The van der Waals surface area contributed by atoms with Crippen molar-refractivity contribution in [1.82, 2.24) is 5.32 Å². The van der Waals surface area contributed by atoms with Crippen LogP contribution < -0.4 is 10.6 Å². The summed E-state index contributed by atoms with van der Waals surface area (Å²) >= 11 is 0. The van der Waals surface area contributed by atoms with Crippen molar-refractivity contribution in [1.29, 1.82) is 0 Å². The van der Waals surface area contributed by atoms with Crippen molar-refractivity contribution in [3.63, 3.8) is 0 Å². The van der Waals surface area contributed by atoms with Gasteiger partial charge in [-0.3, -0.25) is 14.4 Å². The molecular weight excluding hydrogens is 348 g/mol. The van der Waals surface area contributed by atoms with Gasteiger partial charge in [-0.25, -0.2) is 0 Å². The normalized spacial score (nSPS) is 19.3. The number of benzene rings is 1. The number of aliphatic carboxylic acids is 1. The van der Waals surface area contributed by atoms with E-state index in [1.165, 1.54) is 6.26 Å². The molecule has 0 atom stereocenters. The topological polar surface area (TPSA) is 109 Å². The fourth-order valence-electron chi connectivity index (χ4n) is 3.24. The molecule has 3 rings (SSSR count). The highest BCUT2D eigenvalue weighted by atomic mass is 16.4. The Morgan fingerprint density at radius 1 is 1.07 bits per heavy atom. The molecule has 7 heteroatoms. The van der Waals surface area contributed by atoms with Crippen LogP contribution in [0.3, 0.4) is 0 Å². The van der Waals surface area contributed by atoms with Crippen molar-refractivity contribution >= 4 is 23.5 Å². The summed E-state index contributed by atoms with van der Waals surface area (Å²) in [6.45, 7) is 1.84. The van der Waals surface area contributed by atoms with Crippen LogP contribution >= 0.6 is 0 Å². The Bertz CT molecular complexity index is 836. The highest BCUT2D eigenvalue weighted by Crippen LogP contribution is 2.25. The van der Waals surface area contributed by atoms with E-state index >= 15 is 0 Å². The maximum atomic E-state index is 12.5. The summed E-state index contributed by atoms with van der Waals surface area (Å²) in [5.74, 6) is -1.51. The Balaban J connectivity index is 1.64. The number of anilines is 1. The average Bonchev–Trinajstić information content (AvgIpc) is 3.18. The van der Waals surface area contributed by atoms with E-state index in [4.69, 9.17) is 9.52 Å². The Kier molecular flexibility index (Phi) is 5.59. The third-order valence-corrected chi connectivity index (χ3v) is 4.90. The number of rotatable bonds is 5. The van der Waals surface area contributed by atoms with Crippen LogP contribution in [0.4, 0.5) is 5.69 Å². The Morgan fingerprint density at radius 2 is 1.81 bits per heavy atom. The lowest BCUT2D eigenvalue weighted by Gasteiger charge is -2.26. The molecule has 2 amide bonds. The molecule has 7 nitrogen and oxygen atoms in total. The summed E-state index contributed by atoms with van der Waals surface area (Å²) in [4.78, 5) is 35.7. The zero-order valence-corrected chi connectivity index (χ0v) is 15.0. The summed E-state index contributed by atoms with van der Waals surface area (Å²) in [5, 5.41) is 14.8. The van der Waals surface area contributed by atoms with E-state index in [9.17, 15) is 14.4 Å². The standard InChI is InChI=1S/C20H22N2O5/c1-12-4-5-14(11-16(12)22-19(24)17-3-2-10-27-17)18(23)21-15-8-6-13(7-9-15)20(25)26/h2-5,10-11,13,15H,6-9H2,1H3,(H,21,23)(H,22,24)(H,25,26). The molecule has 0 radical (unpaired) electrons. The maximum Gasteiger partial charge on any atom is 0.306 e. The predicted octanol–water partition coefficient (Wildman–Crippen LogP) is 3.21. The van der Waals surface area contributed by atoms with Crippen molar-refractivity contribution in [2.45, 2.75) is 38.6 Å². The van der Waals surface area contributed by atoms with Gasteiger partial charge >= 0.3 is 5.97 Å². The molecule has 0 aliphatic heterocycles. The molecule has 142 valence electrons. The van der Waals surface area contributed by atoms with E-state index in [1.807, 2.05) is 6.92 Å². The van der Waals surface area contributed by atoms with Gasteiger partial charge in [0.25, 0.3) is 11.8 Å². The lowest BCUT2D eigenvalue weighted by molar-refractivity contribution is -0.142. The molecule has 1 saturated carbocycles. The van der Waals surface area contributed by atoms with Crippen LogP contribution in [0.2, 0.25) is 0 Å². The van der Waals surface area contributed by atoms with Crippen molar-refractivity contribution in [2.24, 2.45) is 5.92 Å². The van der Waals surface area contributed by atoms with Crippen molar-refractivity contribution in [3.8, 4) is 0 Å². The van der Waals surface area contributed by atoms with Gasteiger partial charge in [0.2, 0.25) is 0 Å². The van der Waals surface area contributed by atoms with Crippen LogP contribution in [0.5, 0.6) is 0 Å². The SMILES string of the molecule is Cc1ccc(C(=O)NC2CCC(C(=O)O)CC2)cc1NC(=O)c1ccco1. The molecule has 3 N–H and O–H groups in total. The smallest absolute Gasteiger partial charge is 0.306 e. The minimum absolute atomic E-state index is 0.0319. The fraction of sp³-hybridized carbons (Fsp3) is 0.350. The van der Waals surface area contributed by atoms with Crippen LogP contribution in [-0.2, 0) is 4.79 Å². The van der Waals surface area contributed by atoms with Gasteiger partial charge < -0.3 is 20.2 Å². The van der Waals surface area contributed by atoms with Crippen LogP contribution in [0, 0.1) is 12.8 Å². The molecule has 0 spiro atoms. The first-order valence-electron chi connectivity index (χ1n) is 8.93. The third kappa shape index (κ3) is 4.55. The zero-order valence-electron chi connectivity index (χ0n) is 15.0. The Labute approximate surface area is 156 Å². The number of nitrogens with one attached hydrogen (secondary N) is 2. The monoisotopic (exact) mass is 370 g/mol. The Morgan fingerprint density at radius 3 is 2.44 bits per heavy atom. The van der Waals surface area contributed by atoms with Crippen LogP contribution in [-0.4, -0.2) is 28.9 Å². The number of carbonyl (C=O) groups is 3. The van der Waals surface area contributed by atoms with Gasteiger partial charge in [0.15, 0.2) is 5.76 Å². The summed E-state index contributed by atoms with van der Waals surface area (Å²) in [6, 6.07) is 8.27. The largest absolute Gasteiger partial charge is 0.481 e. The number of hydrogen-bond donors (Lipinski definition) is 3. The van der Waals surface area contributed by atoms with Gasteiger partial charge in [0.1, 0.15) is 0 Å². The van der Waals surface area contributed by atoms with Crippen molar-refractivity contribution in [2.75, 3.05) is 5.32 Å². The molecule has 0 saturated heterocycles. The minimum atomic E-state index is -0.768. The molecular formula is C20H22N2O5. The minimum Gasteiger partial charge on any atom is -0.481 e. The van der Waals surface area contributed by atoms with Gasteiger partial charge in [0.05, 0.1) is 12.2 Å². The number of furan rings is 1. The number of carboxylic acid groups (broad SMARTS) is 1. The van der Waals surface area contributed by atoms with E-state index in [1.54, 1.807) is 30.3 Å². The first-order valence-corrected chi connectivity index (χ1v) is 8.93. The van der Waals surface area contributed by atoms with Crippen LogP contribution in [0.25, 0.3) is 0 Å². The van der Waals surface area contributed by atoms with Crippen LogP contribution in [0.15, 0.2) is 41.0 Å². The van der Waals surface area contributed by atoms with E-state index in [0.29, 0.717) is 36.9 Å². The van der Waals surface area contributed by atoms with Crippen LogP contribution in [0.1, 0.15) is 52.2 Å². The molecule has 0 bridgehead atoms. The molecule has 1 fully saturated rings. The lowest BCUT2D eigenvalue weighted by atomic mass is 9.86. The first kappa shape index (κ1) is 18.7. The second-order valence-electron chi connectivity index (χ2n) is 6.82. The van der Waals surface area contributed by atoms with Gasteiger partial charge in [-0.05, 0) is 62.4 Å². The summed E-state index contributed by atoms with van der Waals surface area (Å²) in [7, 11) is 0. The molecule has 0 unspecified atom stereocenters. The molecule has 1 aromatic heterocycles. The maximum absolute atomic E-state index is 12.5. The lowest BCUT2D eigenvalue weighted by Crippen LogP contribution is -2.38. The number of carbonyl (C=O) groups excluding carboxylic acids is 2. The number of aryl methyl sites for hydroxylation is 1. The van der Waals surface area contributed by atoms with Gasteiger partial charge in [-0.2, -0.15) is 0 Å². The van der Waals surface area contributed by atoms with E-state index in [0.717, 1.165) is 5.56 Å². The number of carboxylic acids is 1. The average molecular weight is 370 g/mol. The van der Waals surface area contributed by atoms with E-state index in [2.05, 4.69) is 10.6 Å². The highest BCUT2D eigenvalue weighted by Gasteiger charge is 2.27. The molecule has 27 heavy (non-hydrogen) atoms.